The number of H-pyrrole nitrogens is 2. The molecule has 0 spiro atoms. The Morgan fingerprint density at radius 1 is 0.935 bits per heavy atom. The number of aromatic amines is 2. The lowest BCUT2D eigenvalue weighted by molar-refractivity contribution is -0.349. The van der Waals surface area contributed by atoms with Crippen LogP contribution in [0.5, 0.6) is 0 Å². The van der Waals surface area contributed by atoms with E-state index in [-0.39, 0.29) is 11.4 Å². The average Bonchev–Trinajstić information content (AvgIpc) is 3.15. The second kappa shape index (κ2) is 7.35. The van der Waals surface area contributed by atoms with Crippen LogP contribution in [0.15, 0.2) is 71.2 Å². The van der Waals surface area contributed by atoms with Crippen LogP contribution >= 0.6 is 15.9 Å². The first-order valence-electron chi connectivity index (χ1n) is 9.29. The van der Waals surface area contributed by atoms with Gasteiger partial charge in [-0.1, -0.05) is 40.2 Å². The summed E-state index contributed by atoms with van der Waals surface area (Å²) in [4.78, 5) is 7.50. The molecule has 0 radical (unpaired) electrons. The summed E-state index contributed by atoms with van der Waals surface area (Å²) < 4.78 is 41.7. The predicted octanol–water partition coefficient (Wildman–Crippen LogP) is 6.12. The van der Waals surface area contributed by atoms with E-state index in [4.69, 9.17) is 0 Å². The number of nitrogens with zero attached hydrogens (tertiary/aromatic N) is 2. The van der Waals surface area contributed by atoms with Gasteiger partial charge in [0, 0.05) is 4.47 Å². The molecule has 5 aromatic rings. The molecule has 0 bridgehead atoms. The Morgan fingerprint density at radius 3 is 2.55 bits per heavy atom. The maximum absolute atomic E-state index is 13.6. The lowest BCUT2D eigenvalue weighted by Gasteiger charge is -2.11. The third-order valence-corrected chi connectivity index (χ3v) is 5.40. The van der Waals surface area contributed by atoms with E-state index in [1.807, 2.05) is 30.3 Å². The predicted molar refractivity (Wildman–Crippen MR) is 116 cm³/mol. The molecule has 0 fully saturated rings. The number of benzene rings is 3. The lowest BCUT2D eigenvalue weighted by Crippen LogP contribution is -2.18. The number of nitrogens with one attached hydrogen (secondary N) is 3. The third-order valence-electron chi connectivity index (χ3n) is 4.90. The highest BCUT2D eigenvalue weighted by Gasteiger charge is 2.35. The Kier molecular flexibility index (Phi) is 4.62. The van der Waals surface area contributed by atoms with Crippen molar-refractivity contribution >= 4 is 49.4 Å². The van der Waals surface area contributed by atoms with Gasteiger partial charge in [0.05, 0.1) is 27.4 Å². The fourth-order valence-corrected chi connectivity index (χ4v) is 3.84. The molecule has 0 unspecified atom stereocenters. The van der Waals surface area contributed by atoms with E-state index < -0.39 is 11.7 Å². The van der Waals surface area contributed by atoms with E-state index >= 15 is 0 Å². The molecule has 0 aliphatic carbocycles. The summed E-state index contributed by atoms with van der Waals surface area (Å²) in [5, 5.41) is 12.1. The molecule has 154 valence electrons. The minimum absolute atomic E-state index is 0.0292. The maximum Gasteiger partial charge on any atom is 0.417 e. The van der Waals surface area contributed by atoms with Crippen molar-refractivity contribution in [3.05, 3.63) is 76.8 Å². The Morgan fingerprint density at radius 2 is 1.71 bits per heavy atom. The third kappa shape index (κ3) is 3.61. The molecule has 3 aromatic carbocycles. The Balaban J connectivity index is 1.70. The number of anilines is 2. The van der Waals surface area contributed by atoms with Crippen molar-refractivity contribution in [3.8, 4) is 11.4 Å². The number of hydrogen-bond acceptors (Lipinski definition) is 3. The molecule has 5 rings (SSSR count). The first-order valence-corrected chi connectivity index (χ1v) is 10.1. The molecule has 0 aliphatic rings. The molecular formula is C22H14BrF3N5+. The molecule has 2 aromatic heterocycles. The van der Waals surface area contributed by atoms with Crippen LogP contribution in [0.1, 0.15) is 5.56 Å². The van der Waals surface area contributed by atoms with Crippen LogP contribution in [0.25, 0.3) is 33.2 Å². The summed E-state index contributed by atoms with van der Waals surface area (Å²) in [5.41, 5.74) is 0.594. The van der Waals surface area contributed by atoms with E-state index in [1.165, 1.54) is 12.1 Å². The van der Waals surface area contributed by atoms with Crippen molar-refractivity contribution in [2.45, 2.75) is 6.18 Å². The molecule has 31 heavy (non-hydrogen) atoms. The molecule has 9 heteroatoms. The normalized spacial score (nSPS) is 11.9. The minimum Gasteiger partial charge on any atom is -0.274 e. The van der Waals surface area contributed by atoms with Crippen molar-refractivity contribution in [2.75, 3.05) is 5.32 Å². The highest BCUT2D eigenvalue weighted by molar-refractivity contribution is 9.10. The van der Waals surface area contributed by atoms with Crippen molar-refractivity contribution in [3.63, 3.8) is 0 Å². The smallest absolute Gasteiger partial charge is 0.274 e. The zero-order valence-electron chi connectivity index (χ0n) is 15.8. The topological polar surface area (TPSA) is 67.7 Å². The van der Waals surface area contributed by atoms with Gasteiger partial charge in [-0.3, -0.25) is 10.4 Å². The summed E-state index contributed by atoms with van der Waals surface area (Å²) in [7, 11) is 0. The Hall–Kier alpha value is -3.46. The summed E-state index contributed by atoms with van der Waals surface area (Å²) >= 11 is 3.45. The monoisotopic (exact) mass is 484 g/mol. The number of halogens is 4. The number of rotatable bonds is 3. The molecule has 0 saturated carbocycles. The molecule has 0 atom stereocenters. The average molecular weight is 485 g/mol. The van der Waals surface area contributed by atoms with Crippen LogP contribution in [-0.4, -0.2) is 15.2 Å². The summed E-state index contributed by atoms with van der Waals surface area (Å²) in [6.45, 7) is 0. The summed E-state index contributed by atoms with van der Waals surface area (Å²) in [6.07, 6.45) is -4.50. The molecule has 2 heterocycles. The van der Waals surface area contributed by atoms with Crippen LogP contribution in [0.3, 0.4) is 0 Å². The van der Waals surface area contributed by atoms with Gasteiger partial charge >= 0.3 is 6.18 Å². The van der Waals surface area contributed by atoms with Crippen LogP contribution in [0.2, 0.25) is 0 Å². The zero-order chi connectivity index (χ0) is 21.6. The van der Waals surface area contributed by atoms with Gasteiger partial charge in [0.25, 0.3) is 5.82 Å². The molecule has 3 N–H and O–H groups in total. The van der Waals surface area contributed by atoms with Gasteiger partial charge in [0.1, 0.15) is 0 Å². The van der Waals surface area contributed by atoms with Crippen LogP contribution in [0, 0.1) is 0 Å². The highest BCUT2D eigenvalue weighted by Crippen LogP contribution is 2.36. The van der Waals surface area contributed by atoms with E-state index in [1.54, 1.807) is 18.2 Å². The van der Waals surface area contributed by atoms with E-state index in [0.29, 0.717) is 17.2 Å². The number of aromatic nitrogens is 4. The maximum atomic E-state index is 13.6. The summed E-state index contributed by atoms with van der Waals surface area (Å²) in [6, 6.07) is 18.3. The summed E-state index contributed by atoms with van der Waals surface area (Å²) in [5.74, 6) is 1.14. The number of alkyl halides is 3. The van der Waals surface area contributed by atoms with Gasteiger partial charge in [0.15, 0.2) is 5.52 Å². The Bertz CT molecular complexity index is 1430. The molecule has 0 saturated heterocycles. The quantitative estimate of drug-likeness (QED) is 0.324. The van der Waals surface area contributed by atoms with Gasteiger partial charge in [-0.05, 0) is 42.5 Å². The second-order valence-electron chi connectivity index (χ2n) is 6.91. The van der Waals surface area contributed by atoms with E-state index in [9.17, 15) is 13.2 Å². The van der Waals surface area contributed by atoms with Crippen LogP contribution < -0.4 is 10.3 Å². The standard InChI is InChI=1S/C22H13BrF3N5/c23-12-9-10-18-15(11-12)21(31-30-18)29-20-14-6-2-4-8-17(14)27-19(28-20)13-5-1-3-7-16(13)22(24,25)26/h1-11H,(H2,27,28,29,30,31)/p+1. The number of para-hydroxylation sites is 1. The Labute approximate surface area is 182 Å². The van der Waals surface area contributed by atoms with Crippen LogP contribution in [0.4, 0.5) is 24.8 Å². The van der Waals surface area contributed by atoms with Crippen molar-refractivity contribution in [2.24, 2.45) is 0 Å². The molecule has 0 aliphatic heterocycles. The second-order valence-corrected chi connectivity index (χ2v) is 7.82. The van der Waals surface area contributed by atoms with E-state index in [0.717, 1.165) is 26.8 Å². The highest BCUT2D eigenvalue weighted by atomic mass is 79.9. The number of hydrogen-bond donors (Lipinski definition) is 2. The lowest BCUT2D eigenvalue weighted by atomic mass is 10.1. The largest absolute Gasteiger partial charge is 0.417 e. The molecule has 0 amide bonds. The van der Waals surface area contributed by atoms with E-state index in [2.05, 4.69) is 41.4 Å². The fourth-order valence-electron chi connectivity index (χ4n) is 3.48. The first kappa shape index (κ1) is 19.5. The number of fused-ring (bicyclic) bond motifs is 2. The van der Waals surface area contributed by atoms with Crippen molar-refractivity contribution < 1.29 is 18.2 Å². The molecular weight excluding hydrogens is 471 g/mol. The zero-order valence-corrected chi connectivity index (χ0v) is 17.3. The van der Waals surface area contributed by atoms with Crippen molar-refractivity contribution in [1.82, 2.24) is 15.2 Å². The first-order chi connectivity index (χ1) is 14.9. The van der Waals surface area contributed by atoms with Gasteiger partial charge in [-0.2, -0.15) is 13.2 Å². The van der Waals surface area contributed by atoms with Gasteiger partial charge in [-0.25, -0.2) is 4.98 Å². The van der Waals surface area contributed by atoms with Gasteiger partial charge in [0.2, 0.25) is 11.6 Å². The van der Waals surface area contributed by atoms with Gasteiger partial charge in [-0.15, -0.1) is 10.1 Å². The SMILES string of the molecule is FC(F)(F)c1ccccc1-c1nc2ccccc2c(Nc2n[nH]c3ccc(Br)cc23)[nH+]1. The van der Waals surface area contributed by atoms with Crippen molar-refractivity contribution in [1.29, 1.82) is 0 Å². The van der Waals surface area contributed by atoms with Gasteiger partial charge < -0.3 is 0 Å². The minimum atomic E-state index is -4.50. The molecule has 5 nitrogen and oxygen atoms in total. The van der Waals surface area contributed by atoms with Crippen LogP contribution in [-0.2, 0) is 6.18 Å². The fraction of sp³-hybridized carbons (Fsp3) is 0.0455.